The number of aromatic carboxylic acids is 1. The number of pyridine rings is 2. The maximum absolute atomic E-state index is 11.0. The highest BCUT2D eigenvalue weighted by Gasteiger charge is 2.15. The van der Waals surface area contributed by atoms with E-state index in [9.17, 15) is 4.79 Å². The molecule has 112 valence electrons. The van der Waals surface area contributed by atoms with E-state index < -0.39 is 5.97 Å². The van der Waals surface area contributed by atoms with Gasteiger partial charge in [0.25, 0.3) is 0 Å². The van der Waals surface area contributed by atoms with Gasteiger partial charge in [0.15, 0.2) is 0 Å². The van der Waals surface area contributed by atoms with Crippen molar-refractivity contribution in [2.45, 2.75) is 6.42 Å². The summed E-state index contributed by atoms with van der Waals surface area (Å²) in [5.41, 5.74) is 2.30. The summed E-state index contributed by atoms with van der Waals surface area (Å²) in [6, 6.07) is 8.50. The van der Waals surface area contributed by atoms with Gasteiger partial charge in [0.05, 0.1) is 17.6 Å². The number of fused-ring (bicyclic) bond motifs is 1. The van der Waals surface area contributed by atoms with Gasteiger partial charge in [-0.25, -0.2) is 14.3 Å². The van der Waals surface area contributed by atoms with Crippen LogP contribution in [-0.4, -0.2) is 32.8 Å². The maximum atomic E-state index is 11.0. The molecule has 7 heteroatoms. The Bertz CT molecular complexity index is 860. The number of ether oxygens (including phenoxy) is 1. The fourth-order valence-electron chi connectivity index (χ4n) is 2.26. The molecule has 3 heterocycles. The maximum Gasteiger partial charge on any atom is 0.354 e. The van der Waals surface area contributed by atoms with E-state index >= 15 is 0 Å². The van der Waals surface area contributed by atoms with Gasteiger partial charge >= 0.3 is 5.97 Å². The van der Waals surface area contributed by atoms with Gasteiger partial charge in [-0.2, -0.15) is 0 Å². The second kappa shape index (κ2) is 5.65. The lowest BCUT2D eigenvalue weighted by atomic mass is 10.1. The SMILES string of the molecule is COc1nn2cc(Cl)ccc2c1Cc1cccc(C(=O)O)n1. The second-order valence-electron chi connectivity index (χ2n) is 4.66. The summed E-state index contributed by atoms with van der Waals surface area (Å²) >= 11 is 5.96. The minimum Gasteiger partial charge on any atom is -0.480 e. The average Bonchev–Trinajstić information content (AvgIpc) is 2.84. The molecule has 0 saturated heterocycles. The van der Waals surface area contributed by atoms with Crippen LogP contribution < -0.4 is 4.74 Å². The molecule has 3 aromatic heterocycles. The van der Waals surface area contributed by atoms with Crippen molar-refractivity contribution in [1.82, 2.24) is 14.6 Å². The van der Waals surface area contributed by atoms with Crippen LogP contribution in [0.5, 0.6) is 5.88 Å². The van der Waals surface area contributed by atoms with Crippen LogP contribution in [0, 0.1) is 0 Å². The van der Waals surface area contributed by atoms with Crippen molar-refractivity contribution in [3.63, 3.8) is 0 Å². The Morgan fingerprint density at radius 2 is 2.18 bits per heavy atom. The van der Waals surface area contributed by atoms with Crippen LogP contribution in [0.2, 0.25) is 5.02 Å². The van der Waals surface area contributed by atoms with Crippen LogP contribution in [0.25, 0.3) is 5.52 Å². The number of carbonyl (C=O) groups is 1. The third-order valence-electron chi connectivity index (χ3n) is 3.24. The first-order valence-corrected chi connectivity index (χ1v) is 6.86. The lowest BCUT2D eigenvalue weighted by Gasteiger charge is -2.03. The van der Waals surface area contributed by atoms with Crippen LogP contribution in [0.4, 0.5) is 0 Å². The van der Waals surface area contributed by atoms with Crippen molar-refractivity contribution >= 4 is 23.1 Å². The molecule has 0 aliphatic heterocycles. The van der Waals surface area contributed by atoms with E-state index in [2.05, 4.69) is 10.1 Å². The van der Waals surface area contributed by atoms with Gasteiger partial charge in [-0.3, -0.25) is 0 Å². The van der Waals surface area contributed by atoms with Gasteiger partial charge < -0.3 is 9.84 Å². The molecule has 1 N–H and O–H groups in total. The number of carboxylic acid groups (broad SMARTS) is 1. The summed E-state index contributed by atoms with van der Waals surface area (Å²) in [4.78, 5) is 15.1. The third kappa shape index (κ3) is 2.60. The highest BCUT2D eigenvalue weighted by molar-refractivity contribution is 6.30. The van der Waals surface area contributed by atoms with E-state index in [4.69, 9.17) is 21.4 Å². The summed E-state index contributed by atoms with van der Waals surface area (Å²) in [5.74, 6) is -0.592. The summed E-state index contributed by atoms with van der Waals surface area (Å²) in [5, 5.41) is 13.9. The Labute approximate surface area is 130 Å². The Morgan fingerprint density at radius 3 is 2.91 bits per heavy atom. The van der Waals surface area contributed by atoms with Crippen LogP contribution in [0.15, 0.2) is 36.5 Å². The zero-order valence-electron chi connectivity index (χ0n) is 11.7. The molecule has 0 aliphatic carbocycles. The lowest BCUT2D eigenvalue weighted by molar-refractivity contribution is 0.0690. The summed E-state index contributed by atoms with van der Waals surface area (Å²) in [6.45, 7) is 0. The van der Waals surface area contributed by atoms with Crippen molar-refractivity contribution in [1.29, 1.82) is 0 Å². The molecule has 0 aromatic carbocycles. The van der Waals surface area contributed by atoms with Gasteiger partial charge in [0.1, 0.15) is 5.69 Å². The van der Waals surface area contributed by atoms with E-state index in [0.29, 0.717) is 23.0 Å². The van der Waals surface area contributed by atoms with Gasteiger partial charge in [0.2, 0.25) is 5.88 Å². The van der Waals surface area contributed by atoms with Gasteiger partial charge in [0, 0.05) is 23.9 Å². The van der Waals surface area contributed by atoms with Crippen molar-refractivity contribution in [2.24, 2.45) is 0 Å². The standard InChI is InChI=1S/C15H12ClN3O3/c1-22-14-11(13-6-5-9(16)8-19(13)18-14)7-10-3-2-4-12(17-10)15(20)21/h2-6,8H,7H2,1H3,(H,20,21). The minimum absolute atomic E-state index is 0.0102. The first-order valence-electron chi connectivity index (χ1n) is 6.48. The molecule has 22 heavy (non-hydrogen) atoms. The zero-order valence-corrected chi connectivity index (χ0v) is 12.4. The van der Waals surface area contributed by atoms with Crippen molar-refractivity contribution in [2.75, 3.05) is 7.11 Å². The highest BCUT2D eigenvalue weighted by Crippen LogP contribution is 2.26. The molecule has 0 spiro atoms. The Morgan fingerprint density at radius 1 is 1.36 bits per heavy atom. The monoisotopic (exact) mass is 317 g/mol. The zero-order chi connectivity index (χ0) is 15.7. The molecule has 0 amide bonds. The van der Waals surface area contributed by atoms with Crippen molar-refractivity contribution in [3.8, 4) is 5.88 Å². The summed E-state index contributed by atoms with van der Waals surface area (Å²) in [7, 11) is 1.54. The Balaban J connectivity index is 2.06. The van der Waals surface area contributed by atoms with Gasteiger partial charge in [-0.05, 0) is 24.3 Å². The molecule has 0 fully saturated rings. The minimum atomic E-state index is -1.06. The predicted octanol–water partition coefficient (Wildman–Crippen LogP) is 2.68. The van der Waals surface area contributed by atoms with Crippen LogP contribution >= 0.6 is 11.6 Å². The lowest BCUT2D eigenvalue weighted by Crippen LogP contribution is -2.03. The van der Waals surface area contributed by atoms with Crippen molar-refractivity contribution < 1.29 is 14.6 Å². The second-order valence-corrected chi connectivity index (χ2v) is 5.10. The number of aromatic nitrogens is 3. The van der Waals surface area contributed by atoms with Crippen molar-refractivity contribution in [3.05, 3.63) is 58.5 Å². The van der Waals surface area contributed by atoms with E-state index in [0.717, 1.165) is 11.1 Å². The first kappa shape index (κ1) is 14.3. The van der Waals surface area contributed by atoms with E-state index in [1.54, 1.807) is 28.9 Å². The van der Waals surface area contributed by atoms with Crippen LogP contribution in [0.1, 0.15) is 21.7 Å². The summed E-state index contributed by atoms with van der Waals surface area (Å²) in [6.07, 6.45) is 2.10. The Hall–Kier alpha value is -2.60. The molecule has 3 rings (SSSR count). The summed E-state index contributed by atoms with van der Waals surface area (Å²) < 4.78 is 6.94. The largest absolute Gasteiger partial charge is 0.480 e. The molecule has 0 bridgehead atoms. The molecular weight excluding hydrogens is 306 g/mol. The predicted molar refractivity (Wildman–Crippen MR) is 80.8 cm³/mol. The highest BCUT2D eigenvalue weighted by atomic mass is 35.5. The van der Waals surface area contributed by atoms with E-state index in [1.165, 1.54) is 13.2 Å². The average molecular weight is 318 g/mol. The molecule has 0 saturated carbocycles. The molecule has 0 aliphatic rings. The third-order valence-corrected chi connectivity index (χ3v) is 3.46. The fraction of sp³-hybridized carbons (Fsp3) is 0.133. The van der Waals surface area contributed by atoms with E-state index in [-0.39, 0.29) is 5.69 Å². The van der Waals surface area contributed by atoms with Gasteiger partial charge in [-0.1, -0.05) is 17.7 Å². The topological polar surface area (TPSA) is 76.7 Å². The molecule has 0 radical (unpaired) electrons. The smallest absolute Gasteiger partial charge is 0.354 e. The number of methoxy groups -OCH3 is 1. The number of nitrogens with zero attached hydrogens (tertiary/aromatic N) is 3. The number of hydrogen-bond acceptors (Lipinski definition) is 4. The molecule has 3 aromatic rings. The number of halogens is 1. The van der Waals surface area contributed by atoms with Crippen LogP contribution in [-0.2, 0) is 6.42 Å². The molecule has 6 nitrogen and oxygen atoms in total. The number of rotatable bonds is 4. The van der Waals surface area contributed by atoms with E-state index in [1.807, 2.05) is 6.07 Å². The molecule has 0 unspecified atom stereocenters. The molecule has 0 atom stereocenters. The number of hydrogen-bond donors (Lipinski definition) is 1. The van der Waals surface area contributed by atoms with Crippen LogP contribution in [0.3, 0.4) is 0 Å². The fourth-order valence-corrected chi connectivity index (χ4v) is 2.42. The normalized spacial score (nSPS) is 10.8. The Kier molecular flexibility index (Phi) is 3.68. The quantitative estimate of drug-likeness (QED) is 0.800. The first-order chi connectivity index (χ1) is 10.6. The molecular formula is C15H12ClN3O3. The number of carboxylic acids is 1. The van der Waals surface area contributed by atoms with Gasteiger partial charge in [-0.15, -0.1) is 5.10 Å².